The van der Waals surface area contributed by atoms with Crippen LogP contribution in [0.4, 0.5) is 4.39 Å². The van der Waals surface area contributed by atoms with Gasteiger partial charge in [0, 0.05) is 5.33 Å². The van der Waals surface area contributed by atoms with Crippen LogP contribution in [-0.2, 0) is 0 Å². The summed E-state index contributed by atoms with van der Waals surface area (Å²) in [6.45, 7) is 0. The number of hydrogen-bond donors (Lipinski definition) is 0. The third-order valence-corrected chi connectivity index (χ3v) is 2.93. The Morgan fingerprint density at radius 3 is 2.40 bits per heavy atom. The van der Waals surface area contributed by atoms with Crippen molar-refractivity contribution in [1.29, 1.82) is 0 Å². The van der Waals surface area contributed by atoms with E-state index in [2.05, 4.69) is 15.9 Å². The maximum atomic E-state index is 13.0. The van der Waals surface area contributed by atoms with Crippen molar-refractivity contribution in [2.45, 2.75) is 38.3 Å². The van der Waals surface area contributed by atoms with Crippen LogP contribution in [0.15, 0.2) is 0 Å². The summed E-state index contributed by atoms with van der Waals surface area (Å²) < 4.78 is 13.0. The zero-order valence-electron chi connectivity index (χ0n) is 6.15. The lowest BCUT2D eigenvalue weighted by molar-refractivity contribution is 0.203. The van der Waals surface area contributed by atoms with Crippen LogP contribution in [0.2, 0.25) is 0 Å². The second kappa shape index (κ2) is 4.32. The van der Waals surface area contributed by atoms with Crippen LogP contribution in [0.1, 0.15) is 32.1 Å². The Morgan fingerprint density at radius 2 is 1.90 bits per heavy atom. The maximum absolute atomic E-state index is 13.0. The predicted octanol–water partition coefficient (Wildman–Crippen LogP) is 3.30. The highest BCUT2D eigenvalue weighted by Crippen LogP contribution is 2.28. The molecular weight excluding hydrogens is 195 g/mol. The first kappa shape index (κ1) is 8.51. The second-order valence-corrected chi connectivity index (χ2v) is 3.72. The molecule has 0 amide bonds. The van der Waals surface area contributed by atoms with Crippen molar-refractivity contribution in [3.63, 3.8) is 0 Å². The van der Waals surface area contributed by atoms with Gasteiger partial charge in [0.1, 0.15) is 6.17 Å². The summed E-state index contributed by atoms with van der Waals surface area (Å²) in [7, 11) is 0. The highest BCUT2D eigenvalue weighted by atomic mass is 79.9. The predicted molar refractivity (Wildman–Crippen MR) is 45.3 cm³/mol. The van der Waals surface area contributed by atoms with E-state index in [1.807, 2.05) is 0 Å². The van der Waals surface area contributed by atoms with E-state index in [1.54, 1.807) is 0 Å². The number of hydrogen-bond acceptors (Lipinski definition) is 0. The van der Waals surface area contributed by atoms with E-state index < -0.39 is 6.17 Å². The summed E-state index contributed by atoms with van der Waals surface area (Å²) >= 11 is 3.18. The van der Waals surface area contributed by atoms with Gasteiger partial charge in [0.05, 0.1) is 0 Å². The summed E-state index contributed by atoms with van der Waals surface area (Å²) in [6.07, 6.45) is 5.39. The molecule has 1 atom stereocenters. The fourth-order valence-corrected chi connectivity index (χ4v) is 2.15. The molecule has 1 unspecified atom stereocenters. The molecule has 1 fully saturated rings. The molecule has 1 rings (SSSR count). The monoisotopic (exact) mass is 208 g/mol. The zero-order chi connectivity index (χ0) is 7.40. The Kier molecular flexibility index (Phi) is 3.68. The Morgan fingerprint density at radius 1 is 1.30 bits per heavy atom. The van der Waals surface area contributed by atoms with Gasteiger partial charge in [0.25, 0.3) is 0 Å². The largest absolute Gasteiger partial charge is 0.246 e. The van der Waals surface area contributed by atoms with Gasteiger partial charge in [0.2, 0.25) is 0 Å². The van der Waals surface area contributed by atoms with Gasteiger partial charge in [-0.2, -0.15) is 0 Å². The molecule has 1 saturated carbocycles. The van der Waals surface area contributed by atoms with Gasteiger partial charge in [-0.1, -0.05) is 35.2 Å². The molecule has 0 radical (unpaired) electrons. The third-order valence-electron chi connectivity index (χ3n) is 2.31. The summed E-state index contributed by atoms with van der Waals surface area (Å²) in [6, 6.07) is 0. The van der Waals surface area contributed by atoms with Crippen LogP contribution in [0.3, 0.4) is 0 Å². The van der Waals surface area contributed by atoms with E-state index in [9.17, 15) is 4.39 Å². The quantitative estimate of drug-likeness (QED) is 0.612. The minimum atomic E-state index is -0.597. The highest BCUT2D eigenvalue weighted by molar-refractivity contribution is 9.09. The first-order valence-electron chi connectivity index (χ1n) is 4.04. The van der Waals surface area contributed by atoms with Crippen LogP contribution in [0.25, 0.3) is 0 Å². The maximum Gasteiger partial charge on any atom is 0.113 e. The van der Waals surface area contributed by atoms with E-state index in [1.165, 1.54) is 19.3 Å². The van der Waals surface area contributed by atoms with Crippen molar-refractivity contribution in [3.05, 3.63) is 0 Å². The van der Waals surface area contributed by atoms with Gasteiger partial charge in [-0.15, -0.1) is 0 Å². The molecule has 0 aromatic carbocycles. The first-order valence-corrected chi connectivity index (χ1v) is 5.17. The van der Waals surface area contributed by atoms with Gasteiger partial charge >= 0.3 is 0 Å². The molecule has 0 spiro atoms. The minimum absolute atomic E-state index is 0.355. The summed E-state index contributed by atoms with van der Waals surface area (Å²) in [5.41, 5.74) is 0. The lowest BCUT2D eigenvalue weighted by Gasteiger charge is -2.23. The first-order chi connectivity index (χ1) is 4.84. The SMILES string of the molecule is FC(CBr)C1CCCCC1. The summed E-state index contributed by atoms with van der Waals surface area (Å²) in [5, 5.41) is 0.525. The van der Waals surface area contributed by atoms with Gasteiger partial charge in [0.15, 0.2) is 0 Å². The lowest BCUT2D eigenvalue weighted by Crippen LogP contribution is -2.19. The fraction of sp³-hybridized carbons (Fsp3) is 1.00. The number of halogens is 2. The minimum Gasteiger partial charge on any atom is -0.246 e. The molecule has 0 aliphatic heterocycles. The molecule has 60 valence electrons. The van der Waals surface area contributed by atoms with Crippen molar-refractivity contribution in [1.82, 2.24) is 0 Å². The van der Waals surface area contributed by atoms with Crippen molar-refractivity contribution < 1.29 is 4.39 Å². The second-order valence-electron chi connectivity index (χ2n) is 3.07. The van der Waals surface area contributed by atoms with Crippen LogP contribution in [0, 0.1) is 5.92 Å². The van der Waals surface area contributed by atoms with E-state index in [-0.39, 0.29) is 0 Å². The average molecular weight is 209 g/mol. The standard InChI is InChI=1S/C8H14BrF/c9-6-8(10)7-4-2-1-3-5-7/h7-8H,1-6H2. The average Bonchev–Trinajstić information content (AvgIpc) is 2.05. The molecule has 1 aliphatic rings. The van der Waals surface area contributed by atoms with Gasteiger partial charge in [-0.05, 0) is 18.8 Å². The molecule has 2 heteroatoms. The molecule has 0 bridgehead atoms. The Bertz CT molecular complexity index is 89.3. The fourth-order valence-electron chi connectivity index (χ4n) is 1.62. The molecule has 10 heavy (non-hydrogen) atoms. The number of rotatable bonds is 2. The summed E-state index contributed by atoms with van der Waals surface area (Å²) in [4.78, 5) is 0. The molecule has 1 aliphatic carbocycles. The number of alkyl halides is 2. The van der Waals surface area contributed by atoms with Crippen LogP contribution in [0.5, 0.6) is 0 Å². The normalized spacial score (nSPS) is 24.6. The molecule has 0 nitrogen and oxygen atoms in total. The van der Waals surface area contributed by atoms with Crippen molar-refractivity contribution in [2.75, 3.05) is 5.33 Å². The van der Waals surface area contributed by atoms with Crippen LogP contribution < -0.4 is 0 Å². The van der Waals surface area contributed by atoms with Gasteiger partial charge in [-0.3, -0.25) is 0 Å². The van der Waals surface area contributed by atoms with E-state index in [4.69, 9.17) is 0 Å². The zero-order valence-corrected chi connectivity index (χ0v) is 7.74. The topological polar surface area (TPSA) is 0 Å². The van der Waals surface area contributed by atoms with Crippen molar-refractivity contribution in [3.8, 4) is 0 Å². The Labute approximate surface area is 70.3 Å². The van der Waals surface area contributed by atoms with Crippen molar-refractivity contribution in [2.24, 2.45) is 5.92 Å². The van der Waals surface area contributed by atoms with Gasteiger partial charge < -0.3 is 0 Å². The summed E-state index contributed by atoms with van der Waals surface area (Å²) in [5.74, 6) is 0.355. The Balaban J connectivity index is 2.24. The van der Waals surface area contributed by atoms with E-state index >= 15 is 0 Å². The molecule has 0 heterocycles. The molecule has 0 saturated heterocycles. The molecular formula is C8H14BrF. The van der Waals surface area contributed by atoms with Crippen LogP contribution in [-0.4, -0.2) is 11.5 Å². The Hall–Kier alpha value is 0.410. The van der Waals surface area contributed by atoms with E-state index in [0.29, 0.717) is 11.2 Å². The lowest BCUT2D eigenvalue weighted by atomic mass is 9.86. The molecule has 0 N–H and O–H groups in total. The molecule has 0 aromatic rings. The van der Waals surface area contributed by atoms with Crippen molar-refractivity contribution >= 4 is 15.9 Å². The van der Waals surface area contributed by atoms with E-state index in [0.717, 1.165) is 12.8 Å². The van der Waals surface area contributed by atoms with Gasteiger partial charge in [-0.25, -0.2) is 4.39 Å². The molecule has 0 aromatic heterocycles. The van der Waals surface area contributed by atoms with Crippen LogP contribution >= 0.6 is 15.9 Å². The highest BCUT2D eigenvalue weighted by Gasteiger charge is 2.21. The smallest absolute Gasteiger partial charge is 0.113 e. The third kappa shape index (κ3) is 2.22.